The van der Waals surface area contributed by atoms with Gasteiger partial charge >= 0.3 is 0 Å². The number of hydrogen-bond donors (Lipinski definition) is 0. The second kappa shape index (κ2) is 17.3. The van der Waals surface area contributed by atoms with Gasteiger partial charge in [-0.15, -0.1) is 5.56 Å². The summed E-state index contributed by atoms with van der Waals surface area (Å²) in [5, 5.41) is 0. The number of halogens is 20. The van der Waals surface area contributed by atoms with E-state index in [-0.39, 0.29) is 28.2 Å². The summed E-state index contributed by atoms with van der Waals surface area (Å²) in [5.74, 6) is -47.2. The molecule has 0 aliphatic heterocycles. The number of benzene rings is 4. The molecule has 0 nitrogen and oxygen atoms in total. The Hall–Kier alpha value is -5.30. The Kier molecular flexibility index (Phi) is 13.9. The van der Waals surface area contributed by atoms with Crippen LogP contribution in [0.2, 0.25) is 0 Å². The van der Waals surface area contributed by atoms with Gasteiger partial charge in [0.2, 0.25) is 0 Å². The number of rotatable bonds is 4. The molecule has 0 N–H and O–H groups in total. The normalized spacial score (nSPS) is 11.8. The molecule has 0 saturated heterocycles. The number of hydrogen-bond acceptors (Lipinski definition) is 0. The maximum atomic E-state index is 14.4. The van der Waals surface area contributed by atoms with Gasteiger partial charge in [-0.05, 0) is 11.1 Å². The zero-order valence-corrected chi connectivity index (χ0v) is 33.3. The minimum absolute atomic E-state index is 0. The standard InChI is InChI=1S/2C21H11F10.Fe/c2*1-21(2,3)6-4-7(9-11(22)15(26)19(30)16(27)12(9)23)8(5-6)10-13(24)17(28)20(31)18(29)14(10)25;/h2*4-5H,1-3H3;/q-5;-1;. The van der Waals surface area contributed by atoms with Crippen LogP contribution in [0.15, 0.2) is 24.3 Å². The average Bonchev–Trinajstić information content (AvgIpc) is 3.84. The van der Waals surface area contributed by atoms with Crippen molar-refractivity contribution in [1.29, 1.82) is 0 Å². The first-order chi connectivity index (χ1) is 28.4. The van der Waals surface area contributed by atoms with Gasteiger partial charge in [0.15, 0.2) is 93.1 Å². The smallest absolute Gasteiger partial charge is 0.200 e. The molecule has 6 aromatic carbocycles. The fourth-order valence-electron chi connectivity index (χ4n) is 6.08. The van der Waals surface area contributed by atoms with Crippen molar-refractivity contribution in [3.8, 4) is 44.5 Å². The van der Waals surface area contributed by atoms with Crippen molar-refractivity contribution in [2.75, 3.05) is 0 Å². The van der Waals surface area contributed by atoms with Crippen molar-refractivity contribution >= 4 is 0 Å². The van der Waals surface area contributed by atoms with Gasteiger partial charge in [0, 0.05) is 28.7 Å². The predicted octanol–water partition coefficient (Wildman–Crippen LogP) is 14.9. The first-order valence-electron chi connectivity index (χ1n) is 17.1. The molecule has 0 amide bonds. The Balaban J connectivity index is 0.000000272. The van der Waals surface area contributed by atoms with Crippen LogP contribution in [0, 0.1) is 116 Å². The van der Waals surface area contributed by atoms with Crippen LogP contribution < -0.4 is 0 Å². The SMILES string of the molecule is CC(C)(C)[c-]1[cH-][c-](-c2c(F)c(F)c(F)c(F)c2F)[c-](-c2c(F)c(F)c(F)c(F)c2F)[cH-]1.CC(C)(C)[c-]1cc(-c2c(F)c(F)c(F)c(F)c2F)c(-c2c(F)c(F)c(F)c(F)c2F)c1.[Fe]. The summed E-state index contributed by atoms with van der Waals surface area (Å²) in [6, 6.07) is 3.47. The Bertz CT molecular complexity index is 2340. The van der Waals surface area contributed by atoms with E-state index in [0.29, 0.717) is 0 Å². The fraction of sp³-hybridized carbons (Fsp3) is 0.190. The first kappa shape index (κ1) is 50.3. The minimum atomic E-state index is -2.47. The van der Waals surface area contributed by atoms with Gasteiger partial charge in [-0.1, -0.05) is 47.0 Å². The van der Waals surface area contributed by atoms with Gasteiger partial charge < -0.3 is 34.4 Å². The molecule has 0 saturated carbocycles. The van der Waals surface area contributed by atoms with Gasteiger partial charge in [-0.2, -0.15) is 34.2 Å². The van der Waals surface area contributed by atoms with Crippen LogP contribution >= 0.6 is 0 Å². The van der Waals surface area contributed by atoms with Crippen LogP contribution in [-0.4, -0.2) is 0 Å². The summed E-state index contributed by atoms with van der Waals surface area (Å²) in [4.78, 5) is 0. The van der Waals surface area contributed by atoms with Crippen molar-refractivity contribution in [2.45, 2.75) is 52.4 Å². The van der Waals surface area contributed by atoms with Crippen molar-refractivity contribution in [3.05, 3.63) is 152 Å². The summed E-state index contributed by atoms with van der Waals surface area (Å²) in [5.41, 5.74) is -11.6. The molecule has 6 aromatic rings. The van der Waals surface area contributed by atoms with E-state index in [4.69, 9.17) is 0 Å². The Morgan fingerprint density at radius 1 is 0.317 bits per heavy atom. The molecule has 0 aliphatic carbocycles. The maximum Gasteiger partial charge on any atom is 0.200 e. The zero-order valence-electron chi connectivity index (χ0n) is 32.2. The summed E-state index contributed by atoms with van der Waals surface area (Å²) in [7, 11) is 0. The second-order valence-corrected chi connectivity index (χ2v) is 15.4. The second-order valence-electron chi connectivity index (χ2n) is 15.4. The van der Waals surface area contributed by atoms with E-state index >= 15 is 0 Å². The van der Waals surface area contributed by atoms with E-state index in [0.717, 1.165) is 24.3 Å². The van der Waals surface area contributed by atoms with E-state index in [2.05, 4.69) is 0 Å². The third-order valence-electron chi connectivity index (χ3n) is 9.43. The molecule has 63 heavy (non-hydrogen) atoms. The quantitative estimate of drug-likeness (QED) is 0.0543. The molecular formula is C42H22F20Fe-6. The molecule has 344 valence electrons. The van der Waals surface area contributed by atoms with Crippen LogP contribution in [-0.2, 0) is 27.9 Å². The average molecular weight is 962 g/mol. The Morgan fingerprint density at radius 2 is 0.524 bits per heavy atom. The fourth-order valence-corrected chi connectivity index (χ4v) is 6.08. The molecule has 0 fully saturated rings. The van der Waals surface area contributed by atoms with E-state index in [9.17, 15) is 87.8 Å². The van der Waals surface area contributed by atoms with Crippen LogP contribution in [0.5, 0.6) is 0 Å². The molecule has 0 heterocycles. The summed E-state index contributed by atoms with van der Waals surface area (Å²) in [6.07, 6.45) is 0. The van der Waals surface area contributed by atoms with Gasteiger partial charge in [-0.25, -0.2) is 87.8 Å². The zero-order chi connectivity index (χ0) is 47.1. The van der Waals surface area contributed by atoms with Crippen LogP contribution in [0.1, 0.15) is 52.7 Å². The van der Waals surface area contributed by atoms with Crippen molar-refractivity contribution in [1.82, 2.24) is 0 Å². The van der Waals surface area contributed by atoms with Crippen LogP contribution in [0.25, 0.3) is 44.5 Å². The molecule has 0 radical (unpaired) electrons. The van der Waals surface area contributed by atoms with Gasteiger partial charge in [0.1, 0.15) is 11.6 Å². The molecule has 0 aromatic heterocycles. The molecule has 0 aliphatic rings. The molecular weight excluding hydrogens is 940 g/mol. The summed E-state index contributed by atoms with van der Waals surface area (Å²) >= 11 is 0. The molecule has 0 unspecified atom stereocenters. The third-order valence-corrected chi connectivity index (χ3v) is 9.43. The van der Waals surface area contributed by atoms with Gasteiger partial charge in [0.25, 0.3) is 0 Å². The summed E-state index contributed by atoms with van der Waals surface area (Å²) < 4.78 is 279. The van der Waals surface area contributed by atoms with Gasteiger partial charge in [0.05, 0.1) is 0 Å². The van der Waals surface area contributed by atoms with Crippen molar-refractivity contribution in [2.24, 2.45) is 0 Å². The van der Waals surface area contributed by atoms with E-state index < -0.39 is 172 Å². The molecule has 0 bridgehead atoms. The Labute approximate surface area is 353 Å². The largest absolute Gasteiger partial charge is 0.739 e. The van der Waals surface area contributed by atoms with Gasteiger partial charge in [-0.3, -0.25) is 0 Å². The monoisotopic (exact) mass is 962 g/mol. The summed E-state index contributed by atoms with van der Waals surface area (Å²) in [6.45, 7) is 9.21. The van der Waals surface area contributed by atoms with E-state index in [1.54, 1.807) is 0 Å². The van der Waals surface area contributed by atoms with Crippen LogP contribution in [0.3, 0.4) is 0 Å². The maximum absolute atomic E-state index is 14.4. The first-order valence-corrected chi connectivity index (χ1v) is 17.1. The topological polar surface area (TPSA) is 0 Å². The van der Waals surface area contributed by atoms with Crippen molar-refractivity contribution < 1.29 is 105 Å². The minimum Gasteiger partial charge on any atom is -0.739 e. The van der Waals surface area contributed by atoms with Crippen LogP contribution in [0.4, 0.5) is 87.8 Å². The predicted molar refractivity (Wildman–Crippen MR) is 182 cm³/mol. The molecule has 21 heteroatoms. The van der Waals surface area contributed by atoms with E-state index in [1.807, 2.05) is 0 Å². The third kappa shape index (κ3) is 8.33. The Morgan fingerprint density at radius 3 is 0.730 bits per heavy atom. The molecule has 0 atom stereocenters. The molecule has 0 spiro atoms. The van der Waals surface area contributed by atoms with E-state index in [1.165, 1.54) is 41.5 Å². The molecule has 6 rings (SSSR count). The van der Waals surface area contributed by atoms with Crippen molar-refractivity contribution in [3.63, 3.8) is 0 Å².